The lowest BCUT2D eigenvalue weighted by atomic mass is 9.96. The van der Waals surface area contributed by atoms with E-state index >= 15 is 0 Å². The number of benzene rings is 1. The van der Waals surface area contributed by atoms with E-state index in [0.29, 0.717) is 11.4 Å². The largest absolute Gasteiger partial charge is 0.468 e. The zero-order chi connectivity index (χ0) is 16.2. The molecule has 5 nitrogen and oxygen atoms in total. The summed E-state index contributed by atoms with van der Waals surface area (Å²) >= 11 is 0. The number of nitrogens with one attached hydrogen (secondary N) is 2. The van der Waals surface area contributed by atoms with Crippen LogP contribution in [0.3, 0.4) is 0 Å². The molecule has 23 heavy (non-hydrogen) atoms. The van der Waals surface area contributed by atoms with E-state index in [-0.39, 0.29) is 11.9 Å². The summed E-state index contributed by atoms with van der Waals surface area (Å²) in [5, 5.41) is 5.77. The van der Waals surface area contributed by atoms with Gasteiger partial charge >= 0.3 is 0 Å². The Kier molecular flexibility index (Phi) is 4.84. The Balaban J connectivity index is 1.65. The van der Waals surface area contributed by atoms with Crippen molar-refractivity contribution in [1.29, 1.82) is 0 Å². The van der Waals surface area contributed by atoms with Crippen LogP contribution in [0.5, 0.6) is 5.75 Å². The van der Waals surface area contributed by atoms with Gasteiger partial charge in [-0.3, -0.25) is 9.59 Å². The number of hydrogen-bond donors (Lipinski definition) is 2. The Morgan fingerprint density at radius 3 is 2.61 bits per heavy atom. The van der Waals surface area contributed by atoms with Gasteiger partial charge in [-0.05, 0) is 37.5 Å². The molecule has 0 aromatic heterocycles. The molecule has 2 N–H and O–H groups in total. The lowest BCUT2D eigenvalue weighted by Gasteiger charge is -2.28. The fourth-order valence-corrected chi connectivity index (χ4v) is 3.27. The van der Waals surface area contributed by atoms with Gasteiger partial charge in [-0.1, -0.05) is 38.2 Å². The molecular formula is C18H24N2O3. The van der Waals surface area contributed by atoms with Gasteiger partial charge in [0.2, 0.25) is 0 Å². The number of hydrogen-bond acceptors (Lipinski definition) is 3. The molecule has 2 amide bonds. The topological polar surface area (TPSA) is 67.4 Å². The standard InChI is InChI=1S/C18H24N2O3/c1-12-9-10-15-14(11-12)20-18(22)16(23-15)17(21)19-13-7-5-3-2-4-6-8-13/h9-11,13,16H,2-8H2,1H3,(H,19,21)(H,20,22). The van der Waals surface area contributed by atoms with E-state index in [0.717, 1.165) is 31.2 Å². The summed E-state index contributed by atoms with van der Waals surface area (Å²) in [5.41, 5.74) is 1.66. The predicted octanol–water partition coefficient (Wildman–Crippen LogP) is 2.92. The van der Waals surface area contributed by atoms with Crippen molar-refractivity contribution in [3.63, 3.8) is 0 Å². The first-order chi connectivity index (χ1) is 11.1. The molecule has 1 aliphatic carbocycles. The highest BCUT2D eigenvalue weighted by atomic mass is 16.5. The van der Waals surface area contributed by atoms with Crippen LogP contribution in [0.4, 0.5) is 5.69 Å². The highest BCUT2D eigenvalue weighted by Crippen LogP contribution is 2.30. The summed E-state index contributed by atoms with van der Waals surface area (Å²) in [4.78, 5) is 24.6. The van der Waals surface area contributed by atoms with E-state index in [1.165, 1.54) is 19.3 Å². The summed E-state index contributed by atoms with van der Waals surface area (Å²) in [5.74, 6) is -0.182. The summed E-state index contributed by atoms with van der Waals surface area (Å²) in [6.07, 6.45) is 6.85. The number of carbonyl (C=O) groups is 2. The Bertz CT molecular complexity index is 592. The summed E-state index contributed by atoms with van der Waals surface area (Å²) in [7, 11) is 0. The minimum Gasteiger partial charge on any atom is -0.468 e. The smallest absolute Gasteiger partial charge is 0.275 e. The van der Waals surface area contributed by atoms with Crippen LogP contribution in [0.2, 0.25) is 0 Å². The third kappa shape index (κ3) is 3.84. The predicted molar refractivity (Wildman–Crippen MR) is 88.5 cm³/mol. The first kappa shape index (κ1) is 15.8. The number of amides is 2. The molecule has 0 bridgehead atoms. The van der Waals surface area contributed by atoms with Gasteiger partial charge < -0.3 is 15.4 Å². The molecule has 5 heteroatoms. The highest BCUT2D eigenvalue weighted by molar-refractivity contribution is 6.11. The van der Waals surface area contributed by atoms with Crippen LogP contribution in [0.25, 0.3) is 0 Å². The summed E-state index contributed by atoms with van der Waals surface area (Å²) < 4.78 is 5.63. The number of fused-ring (bicyclic) bond motifs is 1. The van der Waals surface area contributed by atoms with Crippen molar-refractivity contribution in [3.8, 4) is 5.75 Å². The van der Waals surface area contributed by atoms with Gasteiger partial charge in [-0.2, -0.15) is 0 Å². The van der Waals surface area contributed by atoms with E-state index in [9.17, 15) is 9.59 Å². The molecule has 0 radical (unpaired) electrons. The second-order valence-corrected chi connectivity index (χ2v) is 6.54. The molecule has 1 atom stereocenters. The van der Waals surface area contributed by atoms with Crippen LogP contribution in [0.15, 0.2) is 18.2 Å². The number of aryl methyl sites for hydroxylation is 1. The molecule has 1 heterocycles. The van der Waals surface area contributed by atoms with Crippen LogP contribution >= 0.6 is 0 Å². The Morgan fingerprint density at radius 1 is 1.17 bits per heavy atom. The molecule has 2 aliphatic rings. The average Bonchev–Trinajstić information content (AvgIpc) is 2.49. The minimum absolute atomic E-state index is 0.151. The van der Waals surface area contributed by atoms with Crippen molar-refractivity contribution in [2.24, 2.45) is 0 Å². The Morgan fingerprint density at radius 2 is 1.87 bits per heavy atom. The molecule has 0 saturated heterocycles. The van der Waals surface area contributed by atoms with Crippen LogP contribution in [0, 0.1) is 6.92 Å². The van der Waals surface area contributed by atoms with Gasteiger partial charge in [0, 0.05) is 6.04 Å². The maximum atomic E-state index is 12.5. The van der Waals surface area contributed by atoms with Crippen molar-refractivity contribution in [3.05, 3.63) is 23.8 Å². The Hall–Kier alpha value is -2.04. The monoisotopic (exact) mass is 316 g/mol. The molecular weight excluding hydrogens is 292 g/mol. The molecule has 124 valence electrons. The van der Waals surface area contributed by atoms with Crippen molar-refractivity contribution in [2.45, 2.75) is 64.0 Å². The average molecular weight is 316 g/mol. The fourth-order valence-electron chi connectivity index (χ4n) is 3.27. The van der Waals surface area contributed by atoms with Gasteiger partial charge in [0.1, 0.15) is 5.75 Å². The van der Waals surface area contributed by atoms with E-state index in [1.54, 1.807) is 6.07 Å². The van der Waals surface area contributed by atoms with Gasteiger partial charge in [0.15, 0.2) is 0 Å². The lowest BCUT2D eigenvalue weighted by Crippen LogP contribution is -2.51. The van der Waals surface area contributed by atoms with Crippen LogP contribution < -0.4 is 15.4 Å². The van der Waals surface area contributed by atoms with Gasteiger partial charge in [0.25, 0.3) is 17.9 Å². The zero-order valence-electron chi connectivity index (χ0n) is 13.6. The van der Waals surface area contributed by atoms with Gasteiger partial charge in [-0.25, -0.2) is 0 Å². The zero-order valence-corrected chi connectivity index (χ0v) is 13.6. The third-order valence-corrected chi connectivity index (χ3v) is 4.57. The Labute approximate surface area is 136 Å². The molecule has 1 saturated carbocycles. The van der Waals surface area contributed by atoms with E-state index in [4.69, 9.17) is 4.74 Å². The minimum atomic E-state index is -1.10. The van der Waals surface area contributed by atoms with Crippen LogP contribution in [0.1, 0.15) is 50.5 Å². The third-order valence-electron chi connectivity index (χ3n) is 4.57. The molecule has 1 aromatic rings. The van der Waals surface area contributed by atoms with Gasteiger partial charge in [0.05, 0.1) is 5.69 Å². The van der Waals surface area contributed by atoms with Crippen LogP contribution in [-0.4, -0.2) is 24.0 Å². The van der Waals surface area contributed by atoms with E-state index < -0.39 is 12.0 Å². The SMILES string of the molecule is Cc1ccc2c(c1)NC(=O)C(C(=O)NC1CCCCCCC1)O2. The van der Waals surface area contributed by atoms with E-state index in [2.05, 4.69) is 10.6 Å². The number of anilines is 1. The fraction of sp³-hybridized carbons (Fsp3) is 0.556. The lowest BCUT2D eigenvalue weighted by molar-refractivity contribution is -0.137. The molecule has 0 spiro atoms. The molecule has 1 unspecified atom stereocenters. The quantitative estimate of drug-likeness (QED) is 0.824. The maximum Gasteiger partial charge on any atom is 0.275 e. The molecule has 1 aromatic carbocycles. The molecule has 1 aliphatic heterocycles. The highest BCUT2D eigenvalue weighted by Gasteiger charge is 2.34. The van der Waals surface area contributed by atoms with Crippen molar-refractivity contribution in [1.82, 2.24) is 5.32 Å². The first-order valence-electron chi connectivity index (χ1n) is 8.52. The molecule has 1 fully saturated rings. The van der Waals surface area contributed by atoms with Crippen LogP contribution in [-0.2, 0) is 9.59 Å². The second kappa shape index (κ2) is 7.02. The number of ether oxygens (including phenoxy) is 1. The van der Waals surface area contributed by atoms with Crippen molar-refractivity contribution >= 4 is 17.5 Å². The van der Waals surface area contributed by atoms with Gasteiger partial charge in [-0.15, -0.1) is 0 Å². The second-order valence-electron chi connectivity index (χ2n) is 6.54. The number of carbonyl (C=O) groups excluding carboxylic acids is 2. The normalized spacial score (nSPS) is 22.1. The maximum absolute atomic E-state index is 12.5. The summed E-state index contributed by atoms with van der Waals surface area (Å²) in [6, 6.07) is 5.69. The van der Waals surface area contributed by atoms with Crippen molar-refractivity contribution < 1.29 is 14.3 Å². The van der Waals surface area contributed by atoms with E-state index in [1.807, 2.05) is 19.1 Å². The summed E-state index contributed by atoms with van der Waals surface area (Å²) in [6.45, 7) is 1.94. The van der Waals surface area contributed by atoms with Crippen molar-refractivity contribution in [2.75, 3.05) is 5.32 Å². The molecule has 3 rings (SSSR count). The number of rotatable bonds is 2. The first-order valence-corrected chi connectivity index (χ1v) is 8.52.